The molecule has 3 aromatic carbocycles. The van der Waals surface area contributed by atoms with Crippen LogP contribution in [-0.4, -0.2) is 27.9 Å². The summed E-state index contributed by atoms with van der Waals surface area (Å²) in [6.45, 7) is 0. The van der Waals surface area contributed by atoms with Crippen molar-refractivity contribution in [1.82, 2.24) is 5.43 Å². The van der Waals surface area contributed by atoms with Gasteiger partial charge in [-0.2, -0.15) is 5.10 Å². The summed E-state index contributed by atoms with van der Waals surface area (Å²) in [4.78, 5) is 45.4. The van der Waals surface area contributed by atoms with Crippen LogP contribution in [0.1, 0.15) is 21.5 Å². The van der Waals surface area contributed by atoms with Gasteiger partial charge in [-0.3, -0.25) is 25.0 Å². The lowest BCUT2D eigenvalue weighted by atomic mass is 10.2. The third-order valence-corrected chi connectivity index (χ3v) is 4.32. The van der Waals surface area contributed by atoms with Gasteiger partial charge in [-0.25, -0.2) is 10.2 Å². The first kappa shape index (κ1) is 23.5. The van der Waals surface area contributed by atoms with E-state index in [0.717, 1.165) is 18.4 Å². The number of esters is 1. The van der Waals surface area contributed by atoms with Crippen LogP contribution in [0.2, 0.25) is 0 Å². The molecule has 11 nitrogen and oxygen atoms in total. The van der Waals surface area contributed by atoms with Crippen molar-refractivity contribution in [2.24, 2.45) is 5.10 Å². The van der Waals surface area contributed by atoms with Crippen molar-refractivity contribution in [2.75, 3.05) is 0 Å². The topological polar surface area (TPSA) is 154 Å². The van der Waals surface area contributed by atoms with Crippen LogP contribution in [0.4, 0.5) is 11.4 Å². The van der Waals surface area contributed by atoms with E-state index in [2.05, 4.69) is 10.5 Å². The smallest absolute Gasteiger partial charge is 0.336 e. The summed E-state index contributed by atoms with van der Waals surface area (Å²) in [7, 11) is 0. The Hall–Kier alpha value is -5.19. The number of carbonyl (C=O) groups is 2. The summed E-state index contributed by atoms with van der Waals surface area (Å²) in [6.07, 6.45) is 3.37. The molecular weight excluding hydrogens is 444 g/mol. The molecule has 0 bridgehead atoms. The second-order valence-corrected chi connectivity index (χ2v) is 6.62. The fraction of sp³-hybridized carbons (Fsp3) is 0. The first-order valence-corrected chi connectivity index (χ1v) is 9.65. The lowest BCUT2D eigenvalue weighted by Crippen LogP contribution is -2.17. The Labute approximate surface area is 192 Å². The number of nitrogens with zero attached hydrogens (tertiary/aromatic N) is 3. The quantitative estimate of drug-likeness (QED) is 0.134. The molecule has 0 spiro atoms. The van der Waals surface area contributed by atoms with Gasteiger partial charge < -0.3 is 4.74 Å². The summed E-state index contributed by atoms with van der Waals surface area (Å²) >= 11 is 0. The maximum absolute atomic E-state index is 12.3. The number of non-ortho nitro benzene ring substituents is 1. The summed E-state index contributed by atoms with van der Waals surface area (Å²) in [5.74, 6) is -1.83. The number of benzene rings is 3. The van der Waals surface area contributed by atoms with E-state index in [9.17, 15) is 29.8 Å². The summed E-state index contributed by atoms with van der Waals surface area (Å²) in [6, 6.07) is 17.7. The molecule has 1 N–H and O–H groups in total. The number of nitro groups is 2. The monoisotopic (exact) mass is 460 g/mol. The van der Waals surface area contributed by atoms with Crippen LogP contribution in [0, 0.1) is 20.2 Å². The predicted molar refractivity (Wildman–Crippen MR) is 122 cm³/mol. The molecule has 0 fully saturated rings. The number of nitrogens with one attached hydrogen (secondary N) is 1. The molecule has 0 saturated heterocycles. The highest BCUT2D eigenvalue weighted by Crippen LogP contribution is 2.30. The number of hydrogen-bond donors (Lipinski definition) is 1. The van der Waals surface area contributed by atoms with Gasteiger partial charge in [0.05, 0.1) is 16.1 Å². The Morgan fingerprint density at radius 3 is 2.35 bits per heavy atom. The van der Waals surface area contributed by atoms with Gasteiger partial charge in [0, 0.05) is 35.4 Å². The van der Waals surface area contributed by atoms with E-state index in [4.69, 9.17) is 4.74 Å². The average Bonchev–Trinajstić information content (AvgIpc) is 2.84. The van der Waals surface area contributed by atoms with Crippen molar-refractivity contribution in [3.8, 4) is 5.75 Å². The molecule has 0 aliphatic rings. The lowest BCUT2D eigenvalue weighted by molar-refractivity contribution is -0.385. The predicted octanol–water partition coefficient (Wildman–Crippen LogP) is 3.89. The van der Waals surface area contributed by atoms with E-state index in [1.807, 2.05) is 0 Å². The number of para-hydroxylation sites is 1. The molecule has 0 atom stereocenters. The first-order valence-electron chi connectivity index (χ1n) is 9.65. The van der Waals surface area contributed by atoms with Crippen molar-refractivity contribution in [3.63, 3.8) is 0 Å². The van der Waals surface area contributed by atoms with Crippen LogP contribution in [0.15, 0.2) is 84.0 Å². The molecule has 1 amide bonds. The normalized spacial score (nSPS) is 10.8. The zero-order valence-corrected chi connectivity index (χ0v) is 17.4. The van der Waals surface area contributed by atoms with Crippen molar-refractivity contribution >= 4 is 35.5 Å². The van der Waals surface area contributed by atoms with E-state index >= 15 is 0 Å². The number of hydrazone groups is 1. The third kappa shape index (κ3) is 6.17. The molecule has 0 aliphatic carbocycles. The van der Waals surface area contributed by atoms with Gasteiger partial charge in [-0.15, -0.1) is 0 Å². The Morgan fingerprint density at radius 1 is 0.912 bits per heavy atom. The Balaban J connectivity index is 1.79. The molecule has 34 heavy (non-hydrogen) atoms. The molecule has 0 saturated carbocycles. The molecule has 0 aromatic heterocycles. The van der Waals surface area contributed by atoms with E-state index in [1.54, 1.807) is 30.3 Å². The van der Waals surface area contributed by atoms with Crippen LogP contribution in [0.25, 0.3) is 6.08 Å². The van der Waals surface area contributed by atoms with Crippen LogP contribution < -0.4 is 10.2 Å². The summed E-state index contributed by atoms with van der Waals surface area (Å²) < 4.78 is 5.17. The molecule has 170 valence electrons. The minimum absolute atomic E-state index is 0.0691. The highest BCUT2D eigenvalue weighted by molar-refractivity contribution is 5.96. The minimum atomic E-state index is -0.955. The molecule has 0 radical (unpaired) electrons. The number of hydrogen-bond acceptors (Lipinski definition) is 8. The van der Waals surface area contributed by atoms with Crippen molar-refractivity contribution in [2.45, 2.75) is 0 Å². The molecule has 0 aliphatic heterocycles. The summed E-state index contributed by atoms with van der Waals surface area (Å²) in [5.41, 5.74) is 2.42. The zero-order valence-electron chi connectivity index (χ0n) is 17.4. The Morgan fingerprint density at radius 2 is 1.65 bits per heavy atom. The molecule has 0 unspecified atom stereocenters. The molecule has 3 aromatic rings. The average molecular weight is 460 g/mol. The SMILES string of the molecule is O=C(/C=C/c1cccc([N+](=O)[O-])c1)Oc1c(/C=N/NC(=O)c2ccccc2)cccc1[N+](=O)[O-]. The zero-order chi connectivity index (χ0) is 24.5. The molecule has 11 heteroatoms. The molecule has 0 heterocycles. The van der Waals surface area contributed by atoms with E-state index in [1.165, 1.54) is 42.5 Å². The van der Waals surface area contributed by atoms with Gasteiger partial charge in [0.1, 0.15) is 0 Å². The van der Waals surface area contributed by atoms with Crippen molar-refractivity contribution < 1.29 is 24.2 Å². The third-order valence-electron chi connectivity index (χ3n) is 4.32. The number of amides is 1. The standard InChI is InChI=1S/C23H16N4O7/c28-21(13-12-16-6-4-10-19(14-16)26(30)31)34-22-18(9-5-11-20(22)27(32)33)15-24-25-23(29)17-7-2-1-3-8-17/h1-15H,(H,25,29)/b13-12+,24-15+. The van der Waals surface area contributed by atoms with Gasteiger partial charge in [0.15, 0.2) is 0 Å². The van der Waals surface area contributed by atoms with Crippen LogP contribution in [-0.2, 0) is 4.79 Å². The van der Waals surface area contributed by atoms with E-state index in [0.29, 0.717) is 11.1 Å². The van der Waals surface area contributed by atoms with Gasteiger partial charge in [-0.05, 0) is 29.8 Å². The second-order valence-electron chi connectivity index (χ2n) is 6.62. The highest BCUT2D eigenvalue weighted by atomic mass is 16.6. The van der Waals surface area contributed by atoms with Crippen LogP contribution >= 0.6 is 0 Å². The second kappa shape index (κ2) is 10.9. The number of carbonyl (C=O) groups excluding carboxylic acids is 2. The van der Waals surface area contributed by atoms with E-state index < -0.39 is 27.4 Å². The maximum atomic E-state index is 12.3. The van der Waals surface area contributed by atoms with Crippen molar-refractivity contribution in [1.29, 1.82) is 0 Å². The highest BCUT2D eigenvalue weighted by Gasteiger charge is 2.20. The fourth-order valence-corrected chi connectivity index (χ4v) is 2.75. The van der Waals surface area contributed by atoms with Gasteiger partial charge in [0.2, 0.25) is 5.75 Å². The van der Waals surface area contributed by atoms with Gasteiger partial charge in [-0.1, -0.05) is 36.4 Å². The maximum Gasteiger partial charge on any atom is 0.336 e. The minimum Gasteiger partial charge on any atom is -0.415 e. The number of ether oxygens (including phenoxy) is 1. The largest absolute Gasteiger partial charge is 0.415 e. The molecule has 3 rings (SSSR count). The Bertz CT molecular complexity index is 1300. The number of rotatable bonds is 8. The fourth-order valence-electron chi connectivity index (χ4n) is 2.75. The summed E-state index contributed by atoms with van der Waals surface area (Å²) in [5, 5.41) is 26.1. The first-order chi connectivity index (χ1) is 16.3. The van der Waals surface area contributed by atoms with Gasteiger partial charge >= 0.3 is 11.7 Å². The van der Waals surface area contributed by atoms with Gasteiger partial charge in [0.25, 0.3) is 11.6 Å². The lowest BCUT2D eigenvalue weighted by Gasteiger charge is -2.06. The van der Waals surface area contributed by atoms with Crippen LogP contribution in [0.5, 0.6) is 5.75 Å². The van der Waals surface area contributed by atoms with Crippen molar-refractivity contribution in [3.05, 3.63) is 116 Å². The Kier molecular flexibility index (Phi) is 7.53. The van der Waals surface area contributed by atoms with Crippen LogP contribution in [0.3, 0.4) is 0 Å². The van der Waals surface area contributed by atoms with E-state index in [-0.39, 0.29) is 17.0 Å². The number of nitro benzene ring substituents is 2. The molecular formula is C23H16N4O7.